The molecular weight excluding hydrogens is 508 g/mol. The summed E-state index contributed by atoms with van der Waals surface area (Å²) in [5.41, 5.74) is 1.30. The Hall–Kier alpha value is -4.14. The molecule has 2 amide bonds. The molecular formula is C32H30N2O6. The molecule has 4 aromatic rings. The van der Waals surface area contributed by atoms with Crippen molar-refractivity contribution in [1.29, 1.82) is 0 Å². The SMILES string of the molecule is O=C(c1ccc2cc(OCC3CO3)ccc2c1)N1CCN(C(=O)c2ccc3cc(OCC4CO4)ccc3c2)CC1. The third-order valence-corrected chi connectivity index (χ3v) is 7.65. The number of benzene rings is 4. The molecule has 2 atom stereocenters. The van der Waals surface area contributed by atoms with Gasteiger partial charge in [0.2, 0.25) is 0 Å². The van der Waals surface area contributed by atoms with Crippen LogP contribution in [0.2, 0.25) is 0 Å². The normalized spacial score (nSPS) is 20.0. The van der Waals surface area contributed by atoms with Crippen LogP contribution in [-0.2, 0) is 9.47 Å². The Morgan fingerprint density at radius 1 is 0.600 bits per heavy atom. The predicted octanol–water partition coefficient (Wildman–Crippen LogP) is 4.15. The van der Waals surface area contributed by atoms with E-state index in [0.717, 1.165) is 46.3 Å². The number of hydrogen-bond acceptors (Lipinski definition) is 6. The fourth-order valence-corrected chi connectivity index (χ4v) is 5.08. The van der Waals surface area contributed by atoms with Gasteiger partial charge < -0.3 is 28.7 Å². The number of amides is 2. The maximum atomic E-state index is 13.3. The van der Waals surface area contributed by atoms with E-state index in [1.807, 2.05) is 82.6 Å². The first-order valence-electron chi connectivity index (χ1n) is 13.7. The molecule has 0 bridgehead atoms. The number of piperazine rings is 1. The van der Waals surface area contributed by atoms with Gasteiger partial charge in [0.05, 0.1) is 13.2 Å². The van der Waals surface area contributed by atoms with Crippen LogP contribution in [0.25, 0.3) is 21.5 Å². The van der Waals surface area contributed by atoms with E-state index >= 15 is 0 Å². The topological polar surface area (TPSA) is 84.1 Å². The summed E-state index contributed by atoms with van der Waals surface area (Å²) in [4.78, 5) is 30.2. The van der Waals surface area contributed by atoms with Gasteiger partial charge in [0.25, 0.3) is 11.8 Å². The van der Waals surface area contributed by atoms with Crippen molar-refractivity contribution in [1.82, 2.24) is 9.80 Å². The zero-order chi connectivity index (χ0) is 27.1. The Balaban J connectivity index is 0.966. The highest BCUT2D eigenvalue weighted by molar-refractivity contribution is 6.00. The molecule has 8 heteroatoms. The fourth-order valence-electron chi connectivity index (χ4n) is 5.08. The van der Waals surface area contributed by atoms with E-state index in [4.69, 9.17) is 18.9 Å². The molecule has 7 rings (SSSR count). The Morgan fingerprint density at radius 2 is 0.975 bits per heavy atom. The standard InChI is InChI=1S/C32H30N2O6/c35-31(25-3-1-23-15-27(7-5-21(23)13-25)37-17-29-19-39-29)33-9-11-34(12-10-33)32(36)26-4-2-24-16-28(8-6-22(24)14-26)38-18-30-20-40-30/h1-8,13-16,29-30H,9-12,17-20H2. The summed E-state index contributed by atoms with van der Waals surface area (Å²) in [6, 6.07) is 23.3. The van der Waals surface area contributed by atoms with E-state index in [1.54, 1.807) is 0 Å². The van der Waals surface area contributed by atoms with Gasteiger partial charge in [-0.2, -0.15) is 0 Å². The molecule has 0 radical (unpaired) electrons. The van der Waals surface area contributed by atoms with Crippen molar-refractivity contribution in [2.45, 2.75) is 12.2 Å². The lowest BCUT2D eigenvalue weighted by Gasteiger charge is -2.35. The first kappa shape index (κ1) is 24.9. The zero-order valence-electron chi connectivity index (χ0n) is 22.1. The highest BCUT2D eigenvalue weighted by Gasteiger charge is 2.26. The van der Waals surface area contributed by atoms with Crippen molar-refractivity contribution in [3.8, 4) is 11.5 Å². The molecule has 204 valence electrons. The molecule has 0 aromatic heterocycles. The number of nitrogens with zero attached hydrogens (tertiary/aromatic N) is 2. The third-order valence-electron chi connectivity index (χ3n) is 7.65. The second-order valence-electron chi connectivity index (χ2n) is 10.6. The predicted molar refractivity (Wildman–Crippen MR) is 150 cm³/mol. The largest absolute Gasteiger partial charge is 0.491 e. The average molecular weight is 539 g/mol. The molecule has 0 aliphatic carbocycles. The van der Waals surface area contributed by atoms with Crippen LogP contribution in [0.4, 0.5) is 0 Å². The lowest BCUT2D eigenvalue weighted by molar-refractivity contribution is 0.0535. The summed E-state index contributed by atoms with van der Waals surface area (Å²) in [7, 11) is 0. The van der Waals surface area contributed by atoms with Gasteiger partial charge in [0, 0.05) is 37.3 Å². The van der Waals surface area contributed by atoms with Gasteiger partial charge in [-0.1, -0.05) is 24.3 Å². The summed E-state index contributed by atoms with van der Waals surface area (Å²) in [5.74, 6) is 1.56. The molecule has 0 N–H and O–H groups in total. The molecule has 0 saturated carbocycles. The number of rotatable bonds is 8. The van der Waals surface area contributed by atoms with Crippen LogP contribution in [0.15, 0.2) is 72.8 Å². The Kier molecular flexibility index (Phi) is 6.49. The maximum absolute atomic E-state index is 13.3. The minimum atomic E-state index is -0.0165. The number of ether oxygens (including phenoxy) is 4. The van der Waals surface area contributed by atoms with E-state index < -0.39 is 0 Å². The van der Waals surface area contributed by atoms with Crippen LogP contribution in [-0.4, -0.2) is 86.4 Å². The van der Waals surface area contributed by atoms with Crippen molar-refractivity contribution in [3.05, 3.63) is 83.9 Å². The van der Waals surface area contributed by atoms with Gasteiger partial charge in [-0.05, 0) is 70.1 Å². The second-order valence-corrected chi connectivity index (χ2v) is 10.6. The summed E-state index contributed by atoms with van der Waals surface area (Å²) < 4.78 is 21.9. The minimum Gasteiger partial charge on any atom is -0.491 e. The molecule has 3 aliphatic heterocycles. The smallest absolute Gasteiger partial charge is 0.253 e. The average Bonchev–Trinajstić information content (AvgIpc) is 3.93. The number of carbonyl (C=O) groups is 2. The second kappa shape index (κ2) is 10.4. The molecule has 4 aromatic carbocycles. The van der Waals surface area contributed by atoms with Crippen LogP contribution in [0.3, 0.4) is 0 Å². The van der Waals surface area contributed by atoms with Gasteiger partial charge in [-0.15, -0.1) is 0 Å². The summed E-state index contributed by atoms with van der Waals surface area (Å²) in [6.45, 7) is 4.64. The van der Waals surface area contributed by atoms with E-state index in [0.29, 0.717) is 50.5 Å². The van der Waals surface area contributed by atoms with Gasteiger partial charge in [0.15, 0.2) is 0 Å². The monoisotopic (exact) mass is 538 g/mol. The summed E-state index contributed by atoms with van der Waals surface area (Å²) in [5, 5.41) is 4.02. The van der Waals surface area contributed by atoms with Gasteiger partial charge in [-0.3, -0.25) is 9.59 Å². The first-order valence-corrected chi connectivity index (χ1v) is 13.7. The summed E-state index contributed by atoms with van der Waals surface area (Å²) in [6.07, 6.45) is 0.418. The molecule has 2 unspecified atom stereocenters. The molecule has 3 fully saturated rings. The van der Waals surface area contributed by atoms with Gasteiger partial charge in [-0.25, -0.2) is 0 Å². The van der Waals surface area contributed by atoms with Crippen LogP contribution < -0.4 is 9.47 Å². The minimum absolute atomic E-state index is 0.0165. The molecule has 8 nitrogen and oxygen atoms in total. The van der Waals surface area contributed by atoms with Gasteiger partial charge >= 0.3 is 0 Å². The Labute approximate surface area is 232 Å². The van der Waals surface area contributed by atoms with Crippen molar-refractivity contribution >= 4 is 33.4 Å². The Bertz CT molecular complexity index is 1470. The van der Waals surface area contributed by atoms with Crippen LogP contribution >= 0.6 is 0 Å². The number of fused-ring (bicyclic) bond motifs is 2. The van der Waals surface area contributed by atoms with E-state index in [9.17, 15) is 9.59 Å². The molecule has 3 saturated heterocycles. The Morgan fingerprint density at radius 3 is 1.38 bits per heavy atom. The summed E-state index contributed by atoms with van der Waals surface area (Å²) >= 11 is 0. The lowest BCUT2D eigenvalue weighted by atomic mass is 10.0. The molecule has 3 heterocycles. The first-order chi connectivity index (χ1) is 19.6. The molecule has 3 aliphatic rings. The third kappa shape index (κ3) is 5.46. The maximum Gasteiger partial charge on any atom is 0.253 e. The van der Waals surface area contributed by atoms with Crippen molar-refractivity contribution in [3.63, 3.8) is 0 Å². The fraction of sp³-hybridized carbons (Fsp3) is 0.312. The van der Waals surface area contributed by atoms with Crippen molar-refractivity contribution < 1.29 is 28.5 Å². The van der Waals surface area contributed by atoms with E-state index in [2.05, 4.69) is 0 Å². The highest BCUT2D eigenvalue weighted by Crippen LogP contribution is 2.26. The number of carbonyl (C=O) groups excluding carboxylic acids is 2. The van der Waals surface area contributed by atoms with E-state index in [-0.39, 0.29) is 24.0 Å². The van der Waals surface area contributed by atoms with Crippen LogP contribution in [0.5, 0.6) is 11.5 Å². The van der Waals surface area contributed by atoms with Crippen molar-refractivity contribution in [2.75, 3.05) is 52.6 Å². The van der Waals surface area contributed by atoms with Crippen LogP contribution in [0, 0.1) is 0 Å². The van der Waals surface area contributed by atoms with Crippen molar-refractivity contribution in [2.24, 2.45) is 0 Å². The van der Waals surface area contributed by atoms with Crippen LogP contribution in [0.1, 0.15) is 20.7 Å². The number of epoxide rings is 2. The lowest BCUT2D eigenvalue weighted by Crippen LogP contribution is -2.50. The van der Waals surface area contributed by atoms with Gasteiger partial charge in [0.1, 0.15) is 36.9 Å². The zero-order valence-corrected chi connectivity index (χ0v) is 22.1. The number of hydrogen-bond donors (Lipinski definition) is 0. The van der Waals surface area contributed by atoms with E-state index in [1.165, 1.54) is 0 Å². The quantitative estimate of drug-likeness (QED) is 0.314. The molecule has 40 heavy (non-hydrogen) atoms. The molecule has 0 spiro atoms. The highest BCUT2D eigenvalue weighted by atomic mass is 16.6.